The number of fused-ring (bicyclic) bond motifs is 5. The molecule has 0 amide bonds. The molecule has 226 valence electrons. The highest BCUT2D eigenvalue weighted by Crippen LogP contribution is 2.68. The Balaban J connectivity index is 1.69. The first-order chi connectivity index (χ1) is 18.8. The minimum absolute atomic E-state index is 0.133. The van der Waals surface area contributed by atoms with Crippen LogP contribution in [-0.4, -0.2) is 47.9 Å². The number of ether oxygens (including phenoxy) is 3. The lowest BCUT2D eigenvalue weighted by Gasteiger charge is -2.59. The lowest BCUT2D eigenvalue weighted by Crippen LogP contribution is -2.55. The summed E-state index contributed by atoms with van der Waals surface area (Å²) in [7, 11) is 0. The molecule has 0 aliphatic heterocycles. The predicted molar refractivity (Wildman–Crippen MR) is 152 cm³/mol. The zero-order chi connectivity index (χ0) is 29.4. The maximum atomic E-state index is 12.3. The minimum atomic E-state index is -0.678. The molecule has 4 aliphatic carbocycles. The monoisotopic (exact) mass is 560 g/mol. The number of carbonyl (C=O) groups is 3. The van der Waals surface area contributed by atoms with Gasteiger partial charge in [0.15, 0.2) is 0 Å². The average molecular weight is 561 g/mol. The van der Waals surface area contributed by atoms with Crippen molar-refractivity contribution in [1.29, 1.82) is 0 Å². The third kappa shape index (κ3) is 6.00. The van der Waals surface area contributed by atoms with E-state index in [0.717, 1.165) is 38.5 Å². The Hall–Kier alpha value is -1.89. The van der Waals surface area contributed by atoms with Crippen molar-refractivity contribution in [1.82, 2.24) is 0 Å². The van der Waals surface area contributed by atoms with Crippen LogP contribution in [0.15, 0.2) is 11.6 Å². The summed E-state index contributed by atoms with van der Waals surface area (Å²) in [5, 5.41) is 10.8. The molecule has 7 heteroatoms. The molecule has 10 atom stereocenters. The van der Waals surface area contributed by atoms with Gasteiger partial charge in [-0.3, -0.25) is 14.4 Å². The highest BCUT2D eigenvalue weighted by molar-refractivity contribution is 5.67. The first-order valence-electron chi connectivity index (χ1n) is 15.6. The van der Waals surface area contributed by atoms with E-state index in [2.05, 4.69) is 33.8 Å². The molecule has 0 spiro atoms. The van der Waals surface area contributed by atoms with Crippen LogP contribution in [0.2, 0.25) is 0 Å². The van der Waals surface area contributed by atoms with E-state index in [-0.39, 0.29) is 46.7 Å². The highest BCUT2D eigenvalue weighted by atomic mass is 16.6. The molecular weight excluding hydrogens is 508 g/mol. The van der Waals surface area contributed by atoms with Crippen molar-refractivity contribution in [2.24, 2.45) is 46.3 Å². The van der Waals surface area contributed by atoms with Gasteiger partial charge in [-0.25, -0.2) is 0 Å². The zero-order valence-electron chi connectivity index (χ0n) is 25.7. The topological polar surface area (TPSA) is 99.1 Å². The molecule has 1 N–H and O–H groups in total. The van der Waals surface area contributed by atoms with E-state index in [9.17, 15) is 19.5 Å². The zero-order valence-corrected chi connectivity index (χ0v) is 25.7. The molecule has 3 fully saturated rings. The molecule has 0 saturated heterocycles. The fourth-order valence-electron chi connectivity index (χ4n) is 9.64. The first-order valence-corrected chi connectivity index (χ1v) is 15.6. The summed E-state index contributed by atoms with van der Waals surface area (Å²) in [6.07, 6.45) is 9.06. The van der Waals surface area contributed by atoms with E-state index < -0.39 is 12.2 Å². The van der Waals surface area contributed by atoms with Gasteiger partial charge in [-0.2, -0.15) is 0 Å². The van der Waals surface area contributed by atoms with Gasteiger partial charge in [0.1, 0.15) is 12.2 Å². The standard InChI is InChI=1S/C33H52O7/c1-19(2)9-8-10-20(3)31-29(39-22(5)35)16-27-25-12-11-24-15-28(37)30(40-23(6)36)17-32(24,7)26(25)13-14-33(27,31)18-38-21(4)34/h11,19-20,25-31,37H,8-10,12-18H2,1-7H3/t20?,25?,26?,27?,28-,29-,30+,31-,32-,33+/m0/s1. The van der Waals surface area contributed by atoms with Gasteiger partial charge in [0.2, 0.25) is 0 Å². The average Bonchev–Trinajstić information content (AvgIpc) is 3.16. The highest BCUT2D eigenvalue weighted by Gasteiger charge is 2.65. The number of allylic oxidation sites excluding steroid dienone is 1. The van der Waals surface area contributed by atoms with Crippen LogP contribution in [0.1, 0.15) is 106 Å². The maximum absolute atomic E-state index is 12.3. The van der Waals surface area contributed by atoms with E-state index in [1.54, 1.807) is 0 Å². The Labute approximate surface area is 240 Å². The van der Waals surface area contributed by atoms with Gasteiger partial charge in [0.05, 0.1) is 12.7 Å². The van der Waals surface area contributed by atoms with E-state index in [1.165, 1.54) is 32.8 Å². The molecule has 0 bridgehead atoms. The molecule has 4 rings (SSSR count). The smallest absolute Gasteiger partial charge is 0.302 e. The molecule has 0 aromatic rings. The van der Waals surface area contributed by atoms with Crippen LogP contribution in [0, 0.1) is 46.3 Å². The van der Waals surface area contributed by atoms with Gasteiger partial charge in [0.25, 0.3) is 0 Å². The minimum Gasteiger partial charge on any atom is -0.465 e. The number of hydrogen-bond acceptors (Lipinski definition) is 7. The number of hydrogen-bond donors (Lipinski definition) is 1. The Kier molecular flexibility index (Phi) is 9.43. The van der Waals surface area contributed by atoms with Crippen molar-refractivity contribution in [2.45, 2.75) is 125 Å². The van der Waals surface area contributed by atoms with Gasteiger partial charge < -0.3 is 19.3 Å². The van der Waals surface area contributed by atoms with Gasteiger partial charge in [-0.1, -0.05) is 58.6 Å². The second-order valence-corrected chi connectivity index (χ2v) is 14.1. The van der Waals surface area contributed by atoms with Gasteiger partial charge >= 0.3 is 17.9 Å². The summed E-state index contributed by atoms with van der Waals surface area (Å²) < 4.78 is 17.6. The molecule has 0 aromatic heterocycles. The molecule has 4 unspecified atom stereocenters. The third-order valence-corrected chi connectivity index (χ3v) is 11.1. The Bertz CT molecular complexity index is 987. The second-order valence-electron chi connectivity index (χ2n) is 14.1. The van der Waals surface area contributed by atoms with Crippen molar-refractivity contribution in [3.8, 4) is 0 Å². The molecule has 7 nitrogen and oxygen atoms in total. The Morgan fingerprint density at radius 2 is 1.68 bits per heavy atom. The van der Waals surface area contributed by atoms with Gasteiger partial charge in [-0.15, -0.1) is 0 Å². The summed E-state index contributed by atoms with van der Waals surface area (Å²) in [5.74, 6) is 1.21. The summed E-state index contributed by atoms with van der Waals surface area (Å²) >= 11 is 0. The van der Waals surface area contributed by atoms with Crippen molar-refractivity contribution >= 4 is 17.9 Å². The van der Waals surface area contributed by atoms with E-state index in [1.807, 2.05) is 0 Å². The summed E-state index contributed by atoms with van der Waals surface area (Å²) in [5.41, 5.74) is 0.869. The van der Waals surface area contributed by atoms with Gasteiger partial charge in [0, 0.05) is 32.1 Å². The van der Waals surface area contributed by atoms with Crippen LogP contribution in [0.4, 0.5) is 0 Å². The SMILES string of the molecule is CC(=O)OC[C@]12CCC3C(CC=C4C[C@H](O)[C@H](OC(C)=O)C[C@@]43C)C1C[C@H](OC(C)=O)[C@@H]2C(C)CCCC(C)C. The van der Waals surface area contributed by atoms with Crippen LogP contribution in [0.5, 0.6) is 0 Å². The van der Waals surface area contributed by atoms with Gasteiger partial charge in [-0.05, 0) is 73.5 Å². The molecule has 0 radical (unpaired) electrons. The quantitative estimate of drug-likeness (QED) is 0.209. The van der Waals surface area contributed by atoms with E-state index in [4.69, 9.17) is 14.2 Å². The lowest BCUT2D eigenvalue weighted by atomic mass is 9.46. The number of aliphatic hydroxyl groups excluding tert-OH is 1. The van der Waals surface area contributed by atoms with Crippen molar-refractivity contribution < 1.29 is 33.7 Å². The fraction of sp³-hybridized carbons (Fsp3) is 0.848. The predicted octanol–water partition coefficient (Wildman–Crippen LogP) is 6.02. The van der Waals surface area contributed by atoms with Crippen molar-refractivity contribution in [2.75, 3.05) is 6.61 Å². The number of esters is 3. The van der Waals surface area contributed by atoms with Crippen LogP contribution in [-0.2, 0) is 28.6 Å². The molecule has 0 aromatic carbocycles. The van der Waals surface area contributed by atoms with Crippen LogP contribution < -0.4 is 0 Å². The van der Waals surface area contributed by atoms with Crippen LogP contribution in [0.25, 0.3) is 0 Å². The fourth-order valence-corrected chi connectivity index (χ4v) is 9.64. The Morgan fingerprint density at radius 1 is 1.00 bits per heavy atom. The number of aliphatic hydroxyl groups is 1. The molecule has 3 saturated carbocycles. The molecular formula is C33H52O7. The first kappa shape index (κ1) is 31.1. The Morgan fingerprint density at radius 3 is 2.30 bits per heavy atom. The molecule has 0 heterocycles. The van der Waals surface area contributed by atoms with Crippen molar-refractivity contribution in [3.63, 3.8) is 0 Å². The maximum Gasteiger partial charge on any atom is 0.302 e. The lowest BCUT2D eigenvalue weighted by molar-refractivity contribution is -0.166. The van der Waals surface area contributed by atoms with E-state index >= 15 is 0 Å². The summed E-state index contributed by atoms with van der Waals surface area (Å²) in [6, 6.07) is 0. The van der Waals surface area contributed by atoms with Crippen molar-refractivity contribution in [3.05, 3.63) is 11.6 Å². The van der Waals surface area contributed by atoms with Crippen LogP contribution in [0.3, 0.4) is 0 Å². The number of rotatable bonds is 9. The van der Waals surface area contributed by atoms with Crippen LogP contribution >= 0.6 is 0 Å². The third-order valence-electron chi connectivity index (χ3n) is 11.1. The summed E-state index contributed by atoms with van der Waals surface area (Å²) in [6.45, 7) is 13.9. The second kappa shape index (κ2) is 12.1. The largest absolute Gasteiger partial charge is 0.465 e. The van der Waals surface area contributed by atoms with E-state index in [0.29, 0.717) is 43.1 Å². The normalized spacial score (nSPS) is 39.3. The molecule has 40 heavy (non-hydrogen) atoms. The number of carbonyl (C=O) groups excluding carboxylic acids is 3. The summed E-state index contributed by atoms with van der Waals surface area (Å²) in [4.78, 5) is 36.3. The molecule has 4 aliphatic rings.